The van der Waals surface area contributed by atoms with Gasteiger partial charge in [-0.3, -0.25) is 4.98 Å². The SMILES string of the molecule is CCNc1cncc(Nc2cccc(F)c2)c1. The molecule has 0 spiro atoms. The molecule has 4 heteroatoms. The molecule has 1 heterocycles. The number of nitrogens with zero attached hydrogens (tertiary/aromatic N) is 1. The van der Waals surface area contributed by atoms with Crippen LogP contribution >= 0.6 is 0 Å². The van der Waals surface area contributed by atoms with Gasteiger partial charge in [0.15, 0.2) is 0 Å². The Labute approximate surface area is 99.7 Å². The molecule has 0 aliphatic rings. The van der Waals surface area contributed by atoms with Gasteiger partial charge in [-0.2, -0.15) is 0 Å². The van der Waals surface area contributed by atoms with E-state index in [0.717, 1.165) is 17.9 Å². The van der Waals surface area contributed by atoms with Crippen LogP contribution in [-0.4, -0.2) is 11.5 Å². The van der Waals surface area contributed by atoms with E-state index < -0.39 is 0 Å². The quantitative estimate of drug-likeness (QED) is 0.846. The summed E-state index contributed by atoms with van der Waals surface area (Å²) in [5.74, 6) is -0.259. The van der Waals surface area contributed by atoms with Crippen molar-refractivity contribution in [2.75, 3.05) is 17.2 Å². The zero-order chi connectivity index (χ0) is 12.1. The lowest BCUT2D eigenvalue weighted by Crippen LogP contribution is -1.98. The molecule has 0 fully saturated rings. The Bertz CT molecular complexity index is 500. The van der Waals surface area contributed by atoms with Crippen LogP contribution < -0.4 is 10.6 Å². The second-order valence-corrected chi connectivity index (χ2v) is 3.63. The van der Waals surface area contributed by atoms with E-state index >= 15 is 0 Å². The Morgan fingerprint density at radius 3 is 2.71 bits per heavy atom. The fraction of sp³-hybridized carbons (Fsp3) is 0.154. The van der Waals surface area contributed by atoms with Crippen molar-refractivity contribution in [3.8, 4) is 0 Å². The van der Waals surface area contributed by atoms with Gasteiger partial charge in [-0.25, -0.2) is 4.39 Å². The highest BCUT2D eigenvalue weighted by atomic mass is 19.1. The molecule has 2 N–H and O–H groups in total. The van der Waals surface area contributed by atoms with E-state index in [4.69, 9.17) is 0 Å². The minimum Gasteiger partial charge on any atom is -0.384 e. The molecule has 1 aromatic heterocycles. The maximum Gasteiger partial charge on any atom is 0.125 e. The van der Waals surface area contributed by atoms with Gasteiger partial charge in [0, 0.05) is 12.2 Å². The summed E-state index contributed by atoms with van der Waals surface area (Å²) in [4.78, 5) is 4.10. The van der Waals surface area contributed by atoms with E-state index in [1.165, 1.54) is 12.1 Å². The topological polar surface area (TPSA) is 37.0 Å². The number of nitrogens with one attached hydrogen (secondary N) is 2. The Morgan fingerprint density at radius 2 is 1.94 bits per heavy atom. The van der Waals surface area contributed by atoms with Gasteiger partial charge in [-0.15, -0.1) is 0 Å². The maximum atomic E-state index is 13.0. The third-order valence-corrected chi connectivity index (χ3v) is 2.23. The molecular weight excluding hydrogens is 217 g/mol. The molecule has 2 rings (SSSR count). The van der Waals surface area contributed by atoms with E-state index in [9.17, 15) is 4.39 Å². The normalized spacial score (nSPS) is 10.0. The van der Waals surface area contributed by atoms with Crippen LogP contribution in [0.25, 0.3) is 0 Å². The van der Waals surface area contributed by atoms with Gasteiger partial charge < -0.3 is 10.6 Å². The summed E-state index contributed by atoms with van der Waals surface area (Å²) in [5.41, 5.74) is 2.48. The predicted molar refractivity (Wildman–Crippen MR) is 68.1 cm³/mol. The zero-order valence-corrected chi connectivity index (χ0v) is 9.57. The Hall–Kier alpha value is -2.10. The van der Waals surface area contributed by atoms with Crippen molar-refractivity contribution >= 4 is 17.1 Å². The van der Waals surface area contributed by atoms with Crippen LogP contribution in [0.3, 0.4) is 0 Å². The van der Waals surface area contributed by atoms with Crippen LogP contribution in [0.5, 0.6) is 0 Å². The van der Waals surface area contributed by atoms with Crippen molar-refractivity contribution in [3.63, 3.8) is 0 Å². The average Bonchev–Trinajstić information content (AvgIpc) is 2.30. The van der Waals surface area contributed by atoms with Crippen molar-refractivity contribution in [2.45, 2.75) is 6.92 Å². The first kappa shape index (κ1) is 11.4. The van der Waals surface area contributed by atoms with Crippen molar-refractivity contribution in [1.82, 2.24) is 4.98 Å². The monoisotopic (exact) mass is 231 g/mol. The summed E-state index contributed by atoms with van der Waals surface area (Å²) in [6, 6.07) is 8.27. The van der Waals surface area contributed by atoms with Gasteiger partial charge in [-0.1, -0.05) is 6.07 Å². The fourth-order valence-electron chi connectivity index (χ4n) is 1.54. The lowest BCUT2D eigenvalue weighted by atomic mass is 10.3. The lowest BCUT2D eigenvalue weighted by Gasteiger charge is -2.08. The molecule has 0 radical (unpaired) electrons. The van der Waals surface area contributed by atoms with E-state index in [1.54, 1.807) is 18.5 Å². The molecule has 0 amide bonds. The summed E-state index contributed by atoms with van der Waals surface area (Å²) in [7, 11) is 0. The number of anilines is 3. The van der Waals surface area contributed by atoms with Gasteiger partial charge >= 0.3 is 0 Å². The molecule has 3 nitrogen and oxygen atoms in total. The van der Waals surface area contributed by atoms with E-state index in [-0.39, 0.29) is 5.82 Å². The molecule has 0 unspecified atom stereocenters. The molecule has 0 atom stereocenters. The van der Waals surface area contributed by atoms with Crippen LogP contribution in [0.15, 0.2) is 42.7 Å². The first-order valence-corrected chi connectivity index (χ1v) is 5.49. The molecule has 0 aliphatic heterocycles. The predicted octanol–water partition coefficient (Wildman–Crippen LogP) is 3.40. The molecule has 0 bridgehead atoms. The minimum atomic E-state index is -0.259. The smallest absolute Gasteiger partial charge is 0.125 e. The second kappa shape index (κ2) is 5.30. The minimum absolute atomic E-state index is 0.259. The molecule has 88 valence electrons. The van der Waals surface area contributed by atoms with Crippen LogP contribution in [-0.2, 0) is 0 Å². The molecule has 0 saturated heterocycles. The lowest BCUT2D eigenvalue weighted by molar-refractivity contribution is 0.628. The summed E-state index contributed by atoms with van der Waals surface area (Å²) in [6.07, 6.45) is 3.45. The number of hydrogen-bond donors (Lipinski definition) is 2. The highest BCUT2D eigenvalue weighted by molar-refractivity contribution is 5.62. The highest BCUT2D eigenvalue weighted by Crippen LogP contribution is 2.19. The Kier molecular flexibility index (Phi) is 3.55. The molecule has 1 aromatic carbocycles. The number of aromatic nitrogens is 1. The van der Waals surface area contributed by atoms with Crippen LogP contribution in [0.4, 0.5) is 21.5 Å². The number of pyridine rings is 1. The third kappa shape index (κ3) is 3.17. The highest BCUT2D eigenvalue weighted by Gasteiger charge is 1.98. The van der Waals surface area contributed by atoms with Gasteiger partial charge in [0.1, 0.15) is 5.82 Å². The van der Waals surface area contributed by atoms with Crippen molar-refractivity contribution in [3.05, 3.63) is 48.5 Å². The standard InChI is InChI=1S/C13H14FN3/c1-2-16-12-7-13(9-15-8-12)17-11-5-3-4-10(14)6-11/h3-9,16-17H,2H2,1H3. The molecule has 2 aromatic rings. The zero-order valence-electron chi connectivity index (χ0n) is 9.57. The largest absolute Gasteiger partial charge is 0.384 e. The first-order valence-electron chi connectivity index (χ1n) is 5.49. The fourth-order valence-corrected chi connectivity index (χ4v) is 1.54. The number of halogens is 1. The molecule has 0 saturated carbocycles. The van der Waals surface area contributed by atoms with E-state index in [1.807, 2.05) is 19.1 Å². The maximum absolute atomic E-state index is 13.0. The number of benzene rings is 1. The summed E-state index contributed by atoms with van der Waals surface area (Å²) in [6.45, 7) is 2.86. The van der Waals surface area contributed by atoms with Crippen LogP contribution in [0.2, 0.25) is 0 Å². The molecule has 0 aliphatic carbocycles. The van der Waals surface area contributed by atoms with E-state index in [2.05, 4.69) is 15.6 Å². The van der Waals surface area contributed by atoms with Crippen LogP contribution in [0.1, 0.15) is 6.92 Å². The van der Waals surface area contributed by atoms with Crippen molar-refractivity contribution < 1.29 is 4.39 Å². The van der Waals surface area contributed by atoms with Crippen molar-refractivity contribution in [1.29, 1.82) is 0 Å². The summed E-state index contributed by atoms with van der Waals surface area (Å²) in [5, 5.41) is 6.27. The van der Waals surface area contributed by atoms with Gasteiger partial charge in [0.2, 0.25) is 0 Å². The number of hydrogen-bond acceptors (Lipinski definition) is 3. The first-order chi connectivity index (χ1) is 8.28. The summed E-state index contributed by atoms with van der Waals surface area (Å²) < 4.78 is 13.0. The van der Waals surface area contributed by atoms with Crippen LogP contribution in [0, 0.1) is 5.82 Å². The molecule has 17 heavy (non-hydrogen) atoms. The Morgan fingerprint density at radius 1 is 1.12 bits per heavy atom. The molecular formula is C13H14FN3. The number of rotatable bonds is 4. The summed E-state index contributed by atoms with van der Waals surface area (Å²) >= 11 is 0. The second-order valence-electron chi connectivity index (χ2n) is 3.63. The van der Waals surface area contributed by atoms with Gasteiger partial charge in [-0.05, 0) is 31.2 Å². The Balaban J connectivity index is 2.15. The third-order valence-electron chi connectivity index (χ3n) is 2.23. The van der Waals surface area contributed by atoms with Gasteiger partial charge in [0.05, 0.1) is 23.8 Å². The van der Waals surface area contributed by atoms with Crippen molar-refractivity contribution in [2.24, 2.45) is 0 Å². The van der Waals surface area contributed by atoms with E-state index in [0.29, 0.717) is 5.69 Å². The van der Waals surface area contributed by atoms with Gasteiger partial charge in [0.25, 0.3) is 0 Å². The average molecular weight is 231 g/mol.